The van der Waals surface area contributed by atoms with E-state index in [1.165, 1.54) is 19.5 Å². The quantitative estimate of drug-likeness (QED) is 0.657. The maximum absolute atomic E-state index is 13.8. The number of aromatic nitrogens is 2. The van der Waals surface area contributed by atoms with Crippen LogP contribution >= 0.6 is 0 Å². The molecule has 8 heteroatoms. The molecule has 5 nitrogen and oxygen atoms in total. The molecule has 0 amide bonds. The number of nitrogens with one attached hydrogen (secondary N) is 1. The van der Waals surface area contributed by atoms with Crippen LogP contribution in [0.4, 0.5) is 13.2 Å². The van der Waals surface area contributed by atoms with Crippen molar-refractivity contribution in [3.05, 3.63) is 53.2 Å². The van der Waals surface area contributed by atoms with Gasteiger partial charge < -0.3 is 4.74 Å². The van der Waals surface area contributed by atoms with Crippen LogP contribution in [0.3, 0.4) is 0 Å². The molecule has 1 aromatic carbocycles. The largest absolute Gasteiger partial charge is 0.480 e. The molecule has 0 saturated heterocycles. The van der Waals surface area contributed by atoms with Gasteiger partial charge in [-0.05, 0) is 0 Å². The monoisotopic (exact) mass is 284 g/mol. The minimum atomic E-state index is -1.17. The number of hydrazine groups is 1. The molecule has 0 aliphatic heterocycles. The molecular weight excluding hydrogens is 273 g/mol. The summed E-state index contributed by atoms with van der Waals surface area (Å²) in [4.78, 5) is 7.81. The Morgan fingerprint density at radius 3 is 2.30 bits per heavy atom. The molecule has 1 aromatic heterocycles. The maximum atomic E-state index is 13.8. The predicted octanol–water partition coefficient (Wildman–Crippen LogP) is 1.46. The smallest absolute Gasteiger partial charge is 0.237 e. The van der Waals surface area contributed by atoms with Gasteiger partial charge in [0.05, 0.1) is 13.2 Å². The van der Waals surface area contributed by atoms with Gasteiger partial charge in [-0.2, -0.15) is 0 Å². The van der Waals surface area contributed by atoms with Crippen LogP contribution in [0, 0.1) is 17.5 Å². The van der Waals surface area contributed by atoms with Crippen LogP contribution in [-0.2, 0) is 0 Å². The minimum absolute atomic E-state index is 0.0542. The highest BCUT2D eigenvalue weighted by atomic mass is 19.1. The van der Waals surface area contributed by atoms with Crippen molar-refractivity contribution in [2.75, 3.05) is 7.11 Å². The van der Waals surface area contributed by atoms with E-state index >= 15 is 0 Å². The van der Waals surface area contributed by atoms with E-state index in [1.54, 1.807) is 0 Å². The van der Waals surface area contributed by atoms with Gasteiger partial charge >= 0.3 is 0 Å². The first kappa shape index (κ1) is 14.2. The lowest BCUT2D eigenvalue weighted by Crippen LogP contribution is -2.31. The van der Waals surface area contributed by atoms with Gasteiger partial charge in [-0.1, -0.05) is 0 Å². The van der Waals surface area contributed by atoms with Crippen LogP contribution in [0.1, 0.15) is 17.3 Å². The summed E-state index contributed by atoms with van der Waals surface area (Å²) in [6.07, 6.45) is 2.68. The Labute approximate surface area is 112 Å². The lowest BCUT2D eigenvalue weighted by molar-refractivity contribution is 0.380. The summed E-state index contributed by atoms with van der Waals surface area (Å²) in [5.41, 5.74) is 1.85. The topological polar surface area (TPSA) is 73.1 Å². The highest BCUT2D eigenvalue weighted by Crippen LogP contribution is 2.29. The standard InChI is InChI=1S/C12H11F3N4O/c1-20-12-11(17-2-3-18-12)10(19-16)9-7(14)4-6(13)5-8(9)15/h2-5,10,19H,16H2,1H3. The third-order valence-corrected chi connectivity index (χ3v) is 2.66. The second kappa shape index (κ2) is 5.85. The van der Waals surface area contributed by atoms with Crippen molar-refractivity contribution in [3.63, 3.8) is 0 Å². The van der Waals surface area contributed by atoms with Crippen LogP contribution < -0.4 is 16.0 Å². The lowest BCUT2D eigenvalue weighted by Gasteiger charge is -2.18. The second-order valence-electron chi connectivity index (χ2n) is 3.83. The van der Waals surface area contributed by atoms with Gasteiger partial charge in [0.25, 0.3) is 0 Å². The fourth-order valence-corrected chi connectivity index (χ4v) is 1.82. The number of nitrogens with zero attached hydrogens (tertiary/aromatic N) is 2. The number of nitrogens with two attached hydrogens (primary N) is 1. The van der Waals surface area contributed by atoms with Crippen LogP contribution in [0.15, 0.2) is 24.5 Å². The van der Waals surface area contributed by atoms with Gasteiger partial charge in [0.1, 0.15) is 23.1 Å². The van der Waals surface area contributed by atoms with E-state index in [1.807, 2.05) is 0 Å². The van der Waals surface area contributed by atoms with Crippen LogP contribution in [0.25, 0.3) is 0 Å². The van der Waals surface area contributed by atoms with Gasteiger partial charge in [-0.3, -0.25) is 10.8 Å². The Bertz CT molecular complexity index is 600. The first-order chi connectivity index (χ1) is 9.58. The Morgan fingerprint density at radius 1 is 1.15 bits per heavy atom. The predicted molar refractivity (Wildman–Crippen MR) is 64.1 cm³/mol. The molecule has 0 saturated carbocycles. The molecule has 0 aliphatic rings. The van der Waals surface area contributed by atoms with Gasteiger partial charge in [0, 0.05) is 30.1 Å². The average molecular weight is 284 g/mol. The number of hydrogen-bond donors (Lipinski definition) is 2. The number of halogens is 3. The third kappa shape index (κ3) is 2.56. The zero-order valence-electron chi connectivity index (χ0n) is 10.4. The zero-order chi connectivity index (χ0) is 14.7. The van der Waals surface area contributed by atoms with Crippen LogP contribution in [0.5, 0.6) is 5.88 Å². The molecule has 0 spiro atoms. The molecule has 3 N–H and O–H groups in total. The Morgan fingerprint density at radius 2 is 1.75 bits per heavy atom. The molecule has 106 valence electrons. The third-order valence-electron chi connectivity index (χ3n) is 2.66. The van der Waals surface area contributed by atoms with E-state index in [9.17, 15) is 13.2 Å². The number of methoxy groups -OCH3 is 1. The Kier molecular flexibility index (Phi) is 4.16. The molecular formula is C12H11F3N4O. The molecule has 1 unspecified atom stereocenters. The molecule has 0 bridgehead atoms. The van der Waals surface area contributed by atoms with Crippen molar-refractivity contribution < 1.29 is 17.9 Å². The molecule has 1 heterocycles. The highest BCUT2D eigenvalue weighted by Gasteiger charge is 2.26. The van der Waals surface area contributed by atoms with Crippen molar-refractivity contribution in [1.29, 1.82) is 0 Å². The van der Waals surface area contributed by atoms with Crippen LogP contribution in [-0.4, -0.2) is 17.1 Å². The molecule has 0 fully saturated rings. The summed E-state index contributed by atoms with van der Waals surface area (Å²) in [5.74, 6) is 2.20. The van der Waals surface area contributed by atoms with Gasteiger partial charge in [-0.25, -0.2) is 23.6 Å². The van der Waals surface area contributed by atoms with Crippen molar-refractivity contribution in [2.45, 2.75) is 6.04 Å². The Balaban J connectivity index is 2.59. The summed E-state index contributed by atoms with van der Waals surface area (Å²) in [6.45, 7) is 0. The van der Waals surface area contributed by atoms with E-state index in [-0.39, 0.29) is 11.6 Å². The molecule has 2 rings (SSSR count). The van der Waals surface area contributed by atoms with Crippen molar-refractivity contribution in [2.24, 2.45) is 5.84 Å². The SMILES string of the molecule is COc1nccnc1C(NN)c1c(F)cc(F)cc1F. The summed E-state index contributed by atoms with van der Waals surface area (Å²) in [7, 11) is 1.33. The number of hydrogen-bond acceptors (Lipinski definition) is 5. The lowest BCUT2D eigenvalue weighted by atomic mass is 10.0. The number of rotatable bonds is 4. The molecule has 0 aliphatic carbocycles. The van der Waals surface area contributed by atoms with Crippen LogP contribution in [0.2, 0.25) is 0 Å². The zero-order valence-corrected chi connectivity index (χ0v) is 10.4. The average Bonchev–Trinajstić information content (AvgIpc) is 2.42. The van der Waals surface area contributed by atoms with E-state index in [4.69, 9.17) is 10.6 Å². The van der Waals surface area contributed by atoms with E-state index < -0.39 is 29.1 Å². The maximum Gasteiger partial charge on any atom is 0.237 e. The fourth-order valence-electron chi connectivity index (χ4n) is 1.82. The van der Waals surface area contributed by atoms with Gasteiger partial charge in [-0.15, -0.1) is 0 Å². The number of ether oxygens (including phenoxy) is 1. The minimum Gasteiger partial charge on any atom is -0.480 e. The summed E-state index contributed by atoms with van der Waals surface area (Å²) in [6, 6.07) is -0.0451. The first-order valence-corrected chi connectivity index (χ1v) is 5.54. The second-order valence-corrected chi connectivity index (χ2v) is 3.83. The number of benzene rings is 1. The first-order valence-electron chi connectivity index (χ1n) is 5.54. The van der Waals surface area contributed by atoms with Gasteiger partial charge in [0.2, 0.25) is 5.88 Å². The van der Waals surface area contributed by atoms with Crippen molar-refractivity contribution in [3.8, 4) is 5.88 Å². The highest BCUT2D eigenvalue weighted by molar-refractivity contribution is 5.34. The summed E-state index contributed by atoms with van der Waals surface area (Å²) in [5, 5.41) is 0. The Hall–Kier alpha value is -2.19. The van der Waals surface area contributed by atoms with E-state index in [2.05, 4.69) is 15.4 Å². The normalized spacial score (nSPS) is 12.2. The molecule has 2 aromatic rings. The van der Waals surface area contributed by atoms with Crippen molar-refractivity contribution >= 4 is 0 Å². The molecule has 0 radical (unpaired) electrons. The summed E-state index contributed by atoms with van der Waals surface area (Å²) < 4.78 is 45.5. The van der Waals surface area contributed by atoms with E-state index in [0.717, 1.165) is 0 Å². The fraction of sp³-hybridized carbons (Fsp3) is 0.167. The molecule has 20 heavy (non-hydrogen) atoms. The van der Waals surface area contributed by atoms with Gasteiger partial charge in [0.15, 0.2) is 0 Å². The molecule has 1 atom stereocenters. The van der Waals surface area contributed by atoms with E-state index in [0.29, 0.717) is 12.1 Å². The van der Waals surface area contributed by atoms with Crippen molar-refractivity contribution in [1.82, 2.24) is 15.4 Å². The summed E-state index contributed by atoms with van der Waals surface area (Å²) >= 11 is 0.